The van der Waals surface area contributed by atoms with Gasteiger partial charge in [-0.1, -0.05) is 12.1 Å². The number of amides is 1. The van der Waals surface area contributed by atoms with Crippen LogP contribution >= 0.6 is 0 Å². The molecule has 0 aliphatic carbocycles. The van der Waals surface area contributed by atoms with Gasteiger partial charge >= 0.3 is 0 Å². The standard InChI is InChI=1S/C16H24N2O/c1-12-4-3-5-13(2)18(12)16(19)15-8-6-14(7-9-15)10-11-17/h6-9,12-13H,3-5,10-11,17H2,1-2H3. The third-order valence-corrected chi connectivity index (χ3v) is 4.06. The van der Waals surface area contributed by atoms with Gasteiger partial charge in [-0.15, -0.1) is 0 Å². The van der Waals surface area contributed by atoms with E-state index in [1.807, 2.05) is 29.2 Å². The summed E-state index contributed by atoms with van der Waals surface area (Å²) in [5.41, 5.74) is 7.52. The van der Waals surface area contributed by atoms with Crippen LogP contribution in [0.1, 0.15) is 49.0 Å². The van der Waals surface area contributed by atoms with E-state index in [1.54, 1.807) is 0 Å². The van der Waals surface area contributed by atoms with E-state index >= 15 is 0 Å². The fourth-order valence-electron chi connectivity index (χ4n) is 2.95. The average Bonchev–Trinajstić information content (AvgIpc) is 2.39. The van der Waals surface area contributed by atoms with Gasteiger partial charge in [-0.2, -0.15) is 0 Å². The topological polar surface area (TPSA) is 46.3 Å². The van der Waals surface area contributed by atoms with Crippen LogP contribution in [-0.2, 0) is 6.42 Å². The third-order valence-electron chi connectivity index (χ3n) is 4.06. The van der Waals surface area contributed by atoms with Crippen molar-refractivity contribution in [3.63, 3.8) is 0 Å². The molecule has 2 N–H and O–H groups in total. The fraction of sp³-hybridized carbons (Fsp3) is 0.562. The Labute approximate surface area is 115 Å². The lowest BCUT2D eigenvalue weighted by atomic mass is 9.96. The lowest BCUT2D eigenvalue weighted by molar-refractivity contribution is 0.0511. The summed E-state index contributed by atoms with van der Waals surface area (Å²) < 4.78 is 0. The number of piperidine rings is 1. The van der Waals surface area contributed by atoms with Crippen LogP contribution in [0.4, 0.5) is 0 Å². The maximum Gasteiger partial charge on any atom is 0.254 e. The van der Waals surface area contributed by atoms with E-state index < -0.39 is 0 Å². The number of hydrogen-bond acceptors (Lipinski definition) is 2. The van der Waals surface area contributed by atoms with Crippen molar-refractivity contribution >= 4 is 5.91 Å². The Bertz CT molecular complexity index is 417. The summed E-state index contributed by atoms with van der Waals surface area (Å²) in [6.07, 6.45) is 4.31. The van der Waals surface area contributed by atoms with Crippen LogP contribution in [0.5, 0.6) is 0 Å². The van der Waals surface area contributed by atoms with Crippen LogP contribution in [0.3, 0.4) is 0 Å². The molecule has 0 radical (unpaired) electrons. The second-order valence-electron chi connectivity index (χ2n) is 5.58. The highest BCUT2D eigenvalue weighted by Crippen LogP contribution is 2.24. The molecule has 2 unspecified atom stereocenters. The zero-order valence-corrected chi connectivity index (χ0v) is 11.9. The Hall–Kier alpha value is -1.35. The second-order valence-corrected chi connectivity index (χ2v) is 5.58. The van der Waals surface area contributed by atoms with Gasteiger partial charge in [-0.25, -0.2) is 0 Å². The Kier molecular flexibility index (Phi) is 4.59. The van der Waals surface area contributed by atoms with E-state index in [-0.39, 0.29) is 5.91 Å². The van der Waals surface area contributed by atoms with E-state index in [9.17, 15) is 4.79 Å². The molecular formula is C16H24N2O. The molecule has 2 atom stereocenters. The average molecular weight is 260 g/mol. The number of carbonyl (C=O) groups is 1. The molecule has 104 valence electrons. The van der Waals surface area contributed by atoms with E-state index in [0.717, 1.165) is 24.8 Å². The summed E-state index contributed by atoms with van der Waals surface area (Å²) in [7, 11) is 0. The first-order chi connectivity index (χ1) is 9.13. The highest BCUT2D eigenvalue weighted by Gasteiger charge is 2.29. The van der Waals surface area contributed by atoms with Gasteiger partial charge in [0.25, 0.3) is 5.91 Å². The van der Waals surface area contributed by atoms with Crippen molar-refractivity contribution in [3.8, 4) is 0 Å². The molecular weight excluding hydrogens is 236 g/mol. The summed E-state index contributed by atoms with van der Waals surface area (Å²) in [5, 5.41) is 0. The summed E-state index contributed by atoms with van der Waals surface area (Å²) in [4.78, 5) is 14.6. The minimum atomic E-state index is 0.166. The minimum Gasteiger partial charge on any atom is -0.333 e. The largest absolute Gasteiger partial charge is 0.333 e. The lowest BCUT2D eigenvalue weighted by Crippen LogP contribution is -2.47. The normalized spacial score (nSPS) is 23.4. The van der Waals surface area contributed by atoms with Gasteiger partial charge in [0.05, 0.1) is 0 Å². The predicted octanol–water partition coefficient (Wildman–Crippen LogP) is 2.59. The fourth-order valence-corrected chi connectivity index (χ4v) is 2.95. The molecule has 0 spiro atoms. The van der Waals surface area contributed by atoms with Crippen LogP contribution in [0, 0.1) is 0 Å². The number of carbonyl (C=O) groups excluding carboxylic acids is 1. The molecule has 1 aromatic rings. The predicted molar refractivity (Wildman–Crippen MR) is 78.1 cm³/mol. The van der Waals surface area contributed by atoms with Gasteiger partial charge in [0.15, 0.2) is 0 Å². The first-order valence-corrected chi connectivity index (χ1v) is 7.25. The van der Waals surface area contributed by atoms with Crippen LogP contribution in [0.15, 0.2) is 24.3 Å². The maximum atomic E-state index is 12.6. The Morgan fingerprint density at radius 1 is 1.21 bits per heavy atom. The van der Waals surface area contributed by atoms with Crippen molar-refractivity contribution in [2.24, 2.45) is 5.73 Å². The number of nitrogens with zero attached hydrogens (tertiary/aromatic N) is 1. The van der Waals surface area contributed by atoms with E-state index in [4.69, 9.17) is 5.73 Å². The van der Waals surface area contributed by atoms with E-state index in [0.29, 0.717) is 18.6 Å². The molecule has 1 amide bonds. The number of benzene rings is 1. The summed E-state index contributed by atoms with van der Waals surface area (Å²) in [5.74, 6) is 0.166. The zero-order valence-electron chi connectivity index (χ0n) is 11.9. The molecule has 1 aliphatic rings. The number of nitrogens with two attached hydrogens (primary N) is 1. The Balaban J connectivity index is 2.13. The molecule has 3 nitrogen and oxygen atoms in total. The van der Waals surface area contributed by atoms with Gasteiger partial charge < -0.3 is 10.6 Å². The van der Waals surface area contributed by atoms with Gasteiger partial charge in [0.1, 0.15) is 0 Å². The Morgan fingerprint density at radius 2 is 1.79 bits per heavy atom. The molecule has 1 aromatic carbocycles. The quantitative estimate of drug-likeness (QED) is 0.908. The summed E-state index contributed by atoms with van der Waals surface area (Å²) in [6.45, 7) is 4.94. The molecule has 1 fully saturated rings. The molecule has 3 heteroatoms. The van der Waals surface area contributed by atoms with Crippen molar-refractivity contribution in [1.82, 2.24) is 4.90 Å². The first-order valence-electron chi connectivity index (χ1n) is 7.25. The number of hydrogen-bond donors (Lipinski definition) is 1. The minimum absolute atomic E-state index is 0.166. The van der Waals surface area contributed by atoms with Crippen molar-refractivity contribution in [3.05, 3.63) is 35.4 Å². The van der Waals surface area contributed by atoms with Crippen molar-refractivity contribution in [2.75, 3.05) is 6.54 Å². The first kappa shape index (κ1) is 14.1. The van der Waals surface area contributed by atoms with Gasteiger partial charge in [-0.3, -0.25) is 4.79 Å². The molecule has 19 heavy (non-hydrogen) atoms. The van der Waals surface area contributed by atoms with Crippen LogP contribution in [0.25, 0.3) is 0 Å². The molecule has 0 aromatic heterocycles. The monoisotopic (exact) mass is 260 g/mol. The number of likely N-dealkylation sites (tertiary alicyclic amines) is 1. The Morgan fingerprint density at radius 3 is 2.32 bits per heavy atom. The number of rotatable bonds is 3. The molecule has 1 saturated heterocycles. The molecule has 0 saturated carbocycles. The summed E-state index contributed by atoms with van der Waals surface area (Å²) in [6, 6.07) is 8.58. The SMILES string of the molecule is CC1CCCC(C)N1C(=O)c1ccc(CCN)cc1. The lowest BCUT2D eigenvalue weighted by Gasteiger charge is -2.39. The summed E-state index contributed by atoms with van der Waals surface area (Å²) >= 11 is 0. The highest BCUT2D eigenvalue weighted by atomic mass is 16.2. The maximum absolute atomic E-state index is 12.6. The van der Waals surface area contributed by atoms with Crippen molar-refractivity contribution < 1.29 is 4.79 Å². The van der Waals surface area contributed by atoms with Gasteiger partial charge in [-0.05, 0) is 63.8 Å². The van der Waals surface area contributed by atoms with E-state index in [1.165, 1.54) is 12.0 Å². The third kappa shape index (κ3) is 3.16. The van der Waals surface area contributed by atoms with Crippen LogP contribution in [0.2, 0.25) is 0 Å². The molecule has 1 aliphatic heterocycles. The zero-order chi connectivity index (χ0) is 13.8. The molecule has 0 bridgehead atoms. The van der Waals surface area contributed by atoms with Crippen LogP contribution in [-0.4, -0.2) is 29.4 Å². The molecule has 1 heterocycles. The smallest absolute Gasteiger partial charge is 0.254 e. The van der Waals surface area contributed by atoms with Crippen LogP contribution < -0.4 is 5.73 Å². The van der Waals surface area contributed by atoms with Crippen molar-refractivity contribution in [1.29, 1.82) is 0 Å². The molecule has 2 rings (SSSR count). The van der Waals surface area contributed by atoms with Gasteiger partial charge in [0.2, 0.25) is 0 Å². The second kappa shape index (κ2) is 6.20. The van der Waals surface area contributed by atoms with Gasteiger partial charge in [0, 0.05) is 17.6 Å². The van der Waals surface area contributed by atoms with E-state index in [2.05, 4.69) is 13.8 Å². The van der Waals surface area contributed by atoms with Crippen molar-refractivity contribution in [2.45, 2.75) is 51.6 Å². The highest BCUT2D eigenvalue weighted by molar-refractivity contribution is 5.94.